The van der Waals surface area contributed by atoms with E-state index in [2.05, 4.69) is 36.4 Å². The zero-order chi connectivity index (χ0) is 15.3. The van der Waals surface area contributed by atoms with E-state index >= 15 is 0 Å². The number of rotatable bonds is 1. The molecule has 22 heavy (non-hydrogen) atoms. The van der Waals surface area contributed by atoms with Gasteiger partial charge in [-0.3, -0.25) is 0 Å². The molecule has 0 bridgehead atoms. The maximum atomic E-state index is 10.4. The molecular formula is C20H16O2. The van der Waals surface area contributed by atoms with Crippen molar-refractivity contribution in [1.29, 1.82) is 0 Å². The molecule has 0 atom stereocenters. The number of fused-ring (bicyclic) bond motifs is 4. The normalized spacial score (nSPS) is 11.4. The molecule has 2 nitrogen and oxygen atoms in total. The van der Waals surface area contributed by atoms with Gasteiger partial charge in [-0.1, -0.05) is 30.3 Å². The second-order valence-electron chi connectivity index (χ2n) is 5.70. The molecule has 0 saturated carbocycles. The average Bonchev–Trinajstić information content (AvgIpc) is 2.51. The van der Waals surface area contributed by atoms with Crippen LogP contribution < -0.4 is 4.74 Å². The molecule has 0 radical (unpaired) electrons. The van der Waals surface area contributed by atoms with Crippen molar-refractivity contribution in [1.82, 2.24) is 0 Å². The Morgan fingerprint density at radius 1 is 0.818 bits per heavy atom. The Hall–Kier alpha value is -2.74. The Morgan fingerprint density at radius 3 is 2.36 bits per heavy atom. The Kier molecular flexibility index (Phi) is 2.73. The molecule has 0 aliphatic rings. The monoisotopic (exact) mass is 288 g/mol. The summed E-state index contributed by atoms with van der Waals surface area (Å²) in [4.78, 5) is 0. The number of hydrogen-bond acceptors (Lipinski definition) is 2. The van der Waals surface area contributed by atoms with E-state index in [1.54, 1.807) is 7.11 Å². The van der Waals surface area contributed by atoms with Crippen LogP contribution >= 0.6 is 0 Å². The highest BCUT2D eigenvalue weighted by Crippen LogP contribution is 2.37. The van der Waals surface area contributed by atoms with E-state index in [1.807, 2.05) is 25.1 Å². The summed E-state index contributed by atoms with van der Waals surface area (Å²) in [5.41, 5.74) is 1.06. The lowest BCUT2D eigenvalue weighted by molar-refractivity contribution is 0.420. The maximum Gasteiger partial charge on any atom is 0.126 e. The van der Waals surface area contributed by atoms with Crippen molar-refractivity contribution >= 4 is 32.3 Å². The van der Waals surface area contributed by atoms with Gasteiger partial charge in [-0.15, -0.1) is 0 Å². The molecule has 108 valence electrons. The highest BCUT2D eigenvalue weighted by Gasteiger charge is 2.09. The molecule has 0 fully saturated rings. The first-order valence-electron chi connectivity index (χ1n) is 7.30. The van der Waals surface area contributed by atoms with E-state index in [-0.39, 0.29) is 0 Å². The van der Waals surface area contributed by atoms with E-state index in [0.29, 0.717) is 5.75 Å². The van der Waals surface area contributed by atoms with Crippen molar-refractivity contribution in [3.63, 3.8) is 0 Å². The van der Waals surface area contributed by atoms with Gasteiger partial charge in [0.05, 0.1) is 7.11 Å². The van der Waals surface area contributed by atoms with Crippen molar-refractivity contribution < 1.29 is 9.84 Å². The SMILES string of the molecule is COc1cccc2cc3c(ccc4cc(C)cc(O)c43)cc12. The van der Waals surface area contributed by atoms with Crippen molar-refractivity contribution in [3.8, 4) is 11.5 Å². The highest BCUT2D eigenvalue weighted by molar-refractivity contribution is 6.15. The van der Waals surface area contributed by atoms with Crippen LogP contribution in [0.25, 0.3) is 32.3 Å². The fourth-order valence-electron chi connectivity index (χ4n) is 3.25. The lowest BCUT2D eigenvalue weighted by atomic mass is 9.96. The van der Waals surface area contributed by atoms with Gasteiger partial charge in [-0.2, -0.15) is 0 Å². The molecule has 0 aliphatic heterocycles. The highest BCUT2D eigenvalue weighted by atomic mass is 16.5. The minimum Gasteiger partial charge on any atom is -0.507 e. The largest absolute Gasteiger partial charge is 0.507 e. The Bertz CT molecular complexity index is 1030. The molecule has 0 saturated heterocycles. The molecule has 4 aromatic rings. The van der Waals surface area contributed by atoms with E-state index in [4.69, 9.17) is 4.74 Å². The first-order chi connectivity index (χ1) is 10.7. The van der Waals surface area contributed by atoms with Crippen molar-refractivity contribution in [2.75, 3.05) is 7.11 Å². The van der Waals surface area contributed by atoms with Gasteiger partial charge in [0.1, 0.15) is 11.5 Å². The van der Waals surface area contributed by atoms with Gasteiger partial charge < -0.3 is 9.84 Å². The Labute approximate surface area is 128 Å². The predicted molar refractivity (Wildman–Crippen MR) is 91.9 cm³/mol. The zero-order valence-corrected chi connectivity index (χ0v) is 12.6. The number of ether oxygens (including phenoxy) is 1. The number of hydrogen-bond donors (Lipinski definition) is 1. The number of aromatic hydroxyl groups is 1. The van der Waals surface area contributed by atoms with E-state index < -0.39 is 0 Å². The molecule has 0 heterocycles. The van der Waals surface area contributed by atoms with Crippen molar-refractivity contribution in [3.05, 3.63) is 60.2 Å². The van der Waals surface area contributed by atoms with Crippen molar-refractivity contribution in [2.24, 2.45) is 0 Å². The molecule has 2 heteroatoms. The van der Waals surface area contributed by atoms with Gasteiger partial charge >= 0.3 is 0 Å². The standard InChI is InChI=1S/C20H16O2/c1-12-8-15-7-6-14-10-16-13(4-3-5-19(16)22-2)11-17(14)20(15)18(21)9-12/h3-11,21H,1-2H3. The van der Waals surface area contributed by atoms with Crippen LogP contribution in [0.4, 0.5) is 0 Å². The first-order valence-corrected chi connectivity index (χ1v) is 7.30. The summed E-state index contributed by atoms with van der Waals surface area (Å²) >= 11 is 0. The average molecular weight is 288 g/mol. The van der Waals surface area contributed by atoms with Crippen LogP contribution in [0.1, 0.15) is 5.56 Å². The van der Waals surface area contributed by atoms with Crippen LogP contribution in [0.15, 0.2) is 54.6 Å². The third-order valence-electron chi connectivity index (χ3n) is 4.23. The quantitative estimate of drug-likeness (QED) is 0.387. The molecule has 0 spiro atoms. The number of phenols is 1. The minimum atomic E-state index is 0.336. The van der Waals surface area contributed by atoms with Crippen LogP contribution in [0.5, 0.6) is 11.5 Å². The predicted octanol–water partition coefficient (Wildman–Crippen LogP) is 5.17. The number of phenolic OH excluding ortho intramolecular Hbond substituents is 1. The van der Waals surface area contributed by atoms with E-state index in [0.717, 1.165) is 43.6 Å². The first kappa shape index (κ1) is 13.0. The van der Waals surface area contributed by atoms with Gasteiger partial charge in [0.15, 0.2) is 0 Å². The maximum absolute atomic E-state index is 10.4. The number of methoxy groups -OCH3 is 1. The topological polar surface area (TPSA) is 29.5 Å². The van der Waals surface area contributed by atoms with Crippen LogP contribution in [0.3, 0.4) is 0 Å². The van der Waals surface area contributed by atoms with Gasteiger partial charge in [-0.25, -0.2) is 0 Å². The lowest BCUT2D eigenvalue weighted by Gasteiger charge is -2.11. The molecule has 4 aromatic carbocycles. The fraction of sp³-hybridized carbons (Fsp3) is 0.100. The number of aryl methyl sites for hydroxylation is 1. The molecule has 0 unspecified atom stereocenters. The lowest BCUT2D eigenvalue weighted by Crippen LogP contribution is -1.86. The molecule has 4 rings (SSSR count). The van der Waals surface area contributed by atoms with Crippen molar-refractivity contribution in [2.45, 2.75) is 6.92 Å². The van der Waals surface area contributed by atoms with Crippen LogP contribution in [0.2, 0.25) is 0 Å². The van der Waals surface area contributed by atoms with Crippen LogP contribution in [-0.4, -0.2) is 12.2 Å². The molecule has 0 aromatic heterocycles. The Morgan fingerprint density at radius 2 is 1.55 bits per heavy atom. The van der Waals surface area contributed by atoms with E-state index in [9.17, 15) is 5.11 Å². The number of benzene rings is 4. The summed E-state index contributed by atoms with van der Waals surface area (Å²) in [6.07, 6.45) is 0. The summed E-state index contributed by atoms with van der Waals surface area (Å²) in [5.74, 6) is 1.20. The smallest absolute Gasteiger partial charge is 0.126 e. The Balaban J connectivity index is 2.21. The van der Waals surface area contributed by atoms with Gasteiger partial charge in [-0.05, 0) is 58.3 Å². The van der Waals surface area contributed by atoms with E-state index in [1.165, 1.54) is 0 Å². The summed E-state index contributed by atoms with van der Waals surface area (Å²) in [6.45, 7) is 1.99. The van der Waals surface area contributed by atoms with Gasteiger partial charge in [0, 0.05) is 10.8 Å². The fourth-order valence-corrected chi connectivity index (χ4v) is 3.25. The molecular weight excluding hydrogens is 272 g/mol. The molecule has 0 aliphatic carbocycles. The second kappa shape index (κ2) is 4.63. The summed E-state index contributed by atoms with van der Waals surface area (Å²) < 4.78 is 5.45. The van der Waals surface area contributed by atoms with Gasteiger partial charge in [0.25, 0.3) is 0 Å². The van der Waals surface area contributed by atoms with Crippen LogP contribution in [-0.2, 0) is 0 Å². The summed E-state index contributed by atoms with van der Waals surface area (Å²) in [7, 11) is 1.69. The summed E-state index contributed by atoms with van der Waals surface area (Å²) in [5, 5.41) is 16.7. The third kappa shape index (κ3) is 1.81. The zero-order valence-electron chi connectivity index (χ0n) is 12.6. The van der Waals surface area contributed by atoms with Gasteiger partial charge in [0.2, 0.25) is 0 Å². The third-order valence-corrected chi connectivity index (χ3v) is 4.23. The summed E-state index contributed by atoms with van der Waals surface area (Å²) in [6, 6.07) is 18.4. The minimum absolute atomic E-state index is 0.336. The molecule has 1 N–H and O–H groups in total. The van der Waals surface area contributed by atoms with Crippen LogP contribution in [0, 0.1) is 6.92 Å². The second-order valence-corrected chi connectivity index (χ2v) is 5.70. The molecule has 0 amide bonds.